The van der Waals surface area contributed by atoms with E-state index in [-0.39, 0.29) is 6.03 Å². The molecule has 0 spiro atoms. The van der Waals surface area contributed by atoms with Crippen LogP contribution in [-0.4, -0.2) is 51.6 Å². The summed E-state index contributed by atoms with van der Waals surface area (Å²) in [5, 5.41) is 0. The lowest BCUT2D eigenvalue weighted by Gasteiger charge is -2.35. The fourth-order valence-corrected chi connectivity index (χ4v) is 2.95. The van der Waals surface area contributed by atoms with Crippen molar-refractivity contribution < 1.29 is 4.79 Å². The molecular weight excluding hydrogens is 252 g/mol. The standard InChI is InChI=1S/C15H26N4O/c1-4-18(5-2)15(20)19-9-6-7-13(12-19)11-14-16-8-10-17(14)3/h8,10,13H,4-7,9,11-12H2,1-3H3/t13-/m0/s1. The molecule has 1 fully saturated rings. The highest BCUT2D eigenvalue weighted by Gasteiger charge is 2.26. The molecule has 20 heavy (non-hydrogen) atoms. The molecule has 0 bridgehead atoms. The van der Waals surface area contributed by atoms with E-state index in [1.807, 2.05) is 43.1 Å². The maximum absolute atomic E-state index is 12.4. The van der Waals surface area contributed by atoms with Crippen LogP contribution in [0.15, 0.2) is 12.4 Å². The average Bonchev–Trinajstić information content (AvgIpc) is 2.86. The first kappa shape index (κ1) is 14.9. The second-order valence-electron chi connectivity index (χ2n) is 5.57. The number of likely N-dealkylation sites (tertiary alicyclic amines) is 1. The lowest BCUT2D eigenvalue weighted by Crippen LogP contribution is -2.47. The van der Waals surface area contributed by atoms with Gasteiger partial charge in [0.25, 0.3) is 0 Å². The van der Waals surface area contributed by atoms with Gasteiger partial charge in [0, 0.05) is 52.0 Å². The van der Waals surface area contributed by atoms with E-state index in [1.165, 1.54) is 6.42 Å². The summed E-state index contributed by atoms with van der Waals surface area (Å²) >= 11 is 0. The molecule has 0 aromatic carbocycles. The van der Waals surface area contributed by atoms with Crippen molar-refractivity contribution in [3.63, 3.8) is 0 Å². The first-order valence-corrected chi connectivity index (χ1v) is 7.65. The molecule has 112 valence electrons. The Bertz CT molecular complexity index is 439. The predicted octanol–water partition coefficient (Wildman–Crippen LogP) is 2.14. The smallest absolute Gasteiger partial charge is 0.319 e. The number of hydrogen-bond donors (Lipinski definition) is 0. The number of aromatic nitrogens is 2. The summed E-state index contributed by atoms with van der Waals surface area (Å²) in [6.45, 7) is 7.41. The van der Waals surface area contributed by atoms with Gasteiger partial charge in [-0.2, -0.15) is 0 Å². The lowest BCUT2D eigenvalue weighted by atomic mass is 9.94. The van der Waals surface area contributed by atoms with Crippen LogP contribution in [0.3, 0.4) is 0 Å². The fraction of sp³-hybridized carbons (Fsp3) is 0.733. The Labute approximate surface area is 121 Å². The Morgan fingerprint density at radius 1 is 1.45 bits per heavy atom. The maximum atomic E-state index is 12.4. The second kappa shape index (κ2) is 6.77. The van der Waals surface area contributed by atoms with E-state index in [0.717, 1.165) is 44.8 Å². The SMILES string of the molecule is CCN(CC)C(=O)N1CCC[C@@H](Cc2nccn2C)C1. The van der Waals surface area contributed by atoms with Gasteiger partial charge in [0.1, 0.15) is 5.82 Å². The maximum Gasteiger partial charge on any atom is 0.319 e. The molecular formula is C15H26N4O. The van der Waals surface area contributed by atoms with Crippen LogP contribution in [0.1, 0.15) is 32.5 Å². The van der Waals surface area contributed by atoms with Crippen molar-refractivity contribution in [2.75, 3.05) is 26.2 Å². The largest absolute Gasteiger partial charge is 0.338 e. The number of aryl methyl sites for hydroxylation is 1. The van der Waals surface area contributed by atoms with E-state index in [2.05, 4.69) is 9.55 Å². The molecule has 2 heterocycles. The van der Waals surface area contributed by atoms with Crippen LogP contribution in [0, 0.1) is 5.92 Å². The molecule has 1 aromatic rings. The van der Waals surface area contributed by atoms with Crippen molar-refractivity contribution in [2.24, 2.45) is 13.0 Å². The number of amides is 2. The number of urea groups is 1. The molecule has 0 unspecified atom stereocenters. The minimum atomic E-state index is 0.194. The number of hydrogen-bond acceptors (Lipinski definition) is 2. The summed E-state index contributed by atoms with van der Waals surface area (Å²) in [6, 6.07) is 0.194. The molecule has 1 aromatic heterocycles. The summed E-state index contributed by atoms with van der Waals surface area (Å²) in [6.07, 6.45) is 7.08. The Morgan fingerprint density at radius 2 is 2.20 bits per heavy atom. The average molecular weight is 278 g/mol. The summed E-state index contributed by atoms with van der Waals surface area (Å²) in [5.41, 5.74) is 0. The normalized spacial score (nSPS) is 19.1. The van der Waals surface area contributed by atoms with Gasteiger partial charge in [-0.1, -0.05) is 0 Å². The Balaban J connectivity index is 1.95. The van der Waals surface area contributed by atoms with E-state index < -0.39 is 0 Å². The van der Waals surface area contributed by atoms with Gasteiger partial charge in [0.15, 0.2) is 0 Å². The highest BCUT2D eigenvalue weighted by Crippen LogP contribution is 2.21. The van der Waals surface area contributed by atoms with Crippen molar-refractivity contribution in [2.45, 2.75) is 33.1 Å². The van der Waals surface area contributed by atoms with Crippen LogP contribution in [0.2, 0.25) is 0 Å². The van der Waals surface area contributed by atoms with Crippen molar-refractivity contribution in [3.8, 4) is 0 Å². The molecule has 5 nitrogen and oxygen atoms in total. The molecule has 2 amide bonds. The van der Waals surface area contributed by atoms with Crippen LogP contribution in [0.4, 0.5) is 4.79 Å². The summed E-state index contributed by atoms with van der Waals surface area (Å²) in [5.74, 6) is 1.65. The molecule has 0 radical (unpaired) electrons. The minimum absolute atomic E-state index is 0.194. The van der Waals surface area contributed by atoms with Crippen LogP contribution in [0.5, 0.6) is 0 Å². The molecule has 0 N–H and O–H groups in total. The first-order chi connectivity index (χ1) is 9.65. The number of carbonyl (C=O) groups excluding carboxylic acids is 1. The van der Waals surface area contributed by atoms with Crippen LogP contribution >= 0.6 is 0 Å². The monoisotopic (exact) mass is 278 g/mol. The molecule has 2 rings (SSSR count). The third kappa shape index (κ3) is 3.32. The van der Waals surface area contributed by atoms with Crippen LogP contribution < -0.4 is 0 Å². The quantitative estimate of drug-likeness (QED) is 0.846. The molecule has 1 atom stereocenters. The zero-order valence-electron chi connectivity index (χ0n) is 12.9. The van der Waals surface area contributed by atoms with E-state index in [1.54, 1.807) is 0 Å². The van der Waals surface area contributed by atoms with Gasteiger partial charge in [0.05, 0.1) is 0 Å². The number of nitrogens with zero attached hydrogens (tertiary/aromatic N) is 4. The molecule has 5 heteroatoms. The van der Waals surface area contributed by atoms with Crippen molar-refractivity contribution in [1.82, 2.24) is 19.4 Å². The highest BCUT2D eigenvalue weighted by molar-refractivity contribution is 5.74. The number of imidazole rings is 1. The minimum Gasteiger partial charge on any atom is -0.338 e. The topological polar surface area (TPSA) is 41.4 Å². The lowest BCUT2D eigenvalue weighted by molar-refractivity contribution is 0.131. The third-order valence-electron chi connectivity index (χ3n) is 4.22. The second-order valence-corrected chi connectivity index (χ2v) is 5.57. The van der Waals surface area contributed by atoms with E-state index in [9.17, 15) is 4.79 Å². The third-order valence-corrected chi connectivity index (χ3v) is 4.22. The number of piperidine rings is 1. The fourth-order valence-electron chi connectivity index (χ4n) is 2.95. The number of carbonyl (C=O) groups is 1. The summed E-state index contributed by atoms with van der Waals surface area (Å²) in [4.78, 5) is 20.7. The van der Waals surface area contributed by atoms with Gasteiger partial charge < -0.3 is 14.4 Å². The van der Waals surface area contributed by atoms with Crippen molar-refractivity contribution >= 4 is 6.03 Å². The Kier molecular flexibility index (Phi) is 5.04. The van der Waals surface area contributed by atoms with Gasteiger partial charge in [-0.25, -0.2) is 9.78 Å². The Morgan fingerprint density at radius 3 is 2.80 bits per heavy atom. The van der Waals surface area contributed by atoms with Crippen LogP contribution in [-0.2, 0) is 13.5 Å². The van der Waals surface area contributed by atoms with Gasteiger partial charge in [-0.3, -0.25) is 0 Å². The zero-order valence-corrected chi connectivity index (χ0v) is 12.9. The highest BCUT2D eigenvalue weighted by atomic mass is 16.2. The first-order valence-electron chi connectivity index (χ1n) is 7.65. The zero-order chi connectivity index (χ0) is 14.5. The van der Waals surface area contributed by atoms with Gasteiger partial charge in [-0.05, 0) is 32.6 Å². The van der Waals surface area contributed by atoms with Crippen LogP contribution in [0.25, 0.3) is 0 Å². The molecule has 0 saturated carbocycles. The molecule has 1 aliphatic rings. The van der Waals surface area contributed by atoms with E-state index in [0.29, 0.717) is 5.92 Å². The van der Waals surface area contributed by atoms with Crippen molar-refractivity contribution in [3.05, 3.63) is 18.2 Å². The van der Waals surface area contributed by atoms with Crippen molar-refractivity contribution in [1.29, 1.82) is 0 Å². The van der Waals surface area contributed by atoms with Gasteiger partial charge in [-0.15, -0.1) is 0 Å². The van der Waals surface area contributed by atoms with E-state index in [4.69, 9.17) is 0 Å². The summed E-state index contributed by atoms with van der Waals surface area (Å²) < 4.78 is 2.07. The van der Waals surface area contributed by atoms with Gasteiger partial charge in [0.2, 0.25) is 0 Å². The van der Waals surface area contributed by atoms with Gasteiger partial charge >= 0.3 is 6.03 Å². The summed E-state index contributed by atoms with van der Waals surface area (Å²) in [7, 11) is 2.03. The number of rotatable bonds is 4. The van der Waals surface area contributed by atoms with E-state index >= 15 is 0 Å². The predicted molar refractivity (Wildman–Crippen MR) is 79.5 cm³/mol. The molecule has 1 saturated heterocycles. The molecule has 1 aliphatic heterocycles. The Hall–Kier alpha value is -1.52. The molecule has 0 aliphatic carbocycles.